The Bertz CT molecular complexity index is 2780. The Labute approximate surface area is 391 Å². The number of hydrogen-bond acceptors (Lipinski definition) is 13. The quantitative estimate of drug-likeness (QED) is 0.144. The summed E-state index contributed by atoms with van der Waals surface area (Å²) in [7, 11) is 0. The Balaban J connectivity index is 0.640. The molecule has 3 N–H and O–H groups in total. The Morgan fingerprint density at radius 2 is 1.50 bits per heavy atom. The van der Waals surface area contributed by atoms with E-state index >= 15 is 0 Å². The highest BCUT2D eigenvalue weighted by molar-refractivity contribution is 6.23. The molecular weight excluding hydrogens is 871 g/mol. The zero-order valence-corrected chi connectivity index (χ0v) is 37.3. The van der Waals surface area contributed by atoms with Crippen LogP contribution in [0.3, 0.4) is 0 Å². The van der Waals surface area contributed by atoms with E-state index in [4.69, 9.17) is 4.74 Å². The fourth-order valence-corrected chi connectivity index (χ4v) is 9.85. The molecule has 5 aromatic rings. The predicted molar refractivity (Wildman–Crippen MR) is 247 cm³/mol. The van der Waals surface area contributed by atoms with Crippen LogP contribution in [0.4, 0.5) is 17.2 Å². The molecule has 6 heterocycles. The molecular formula is C49H51N11O8. The maximum Gasteiger partial charge on any atom is 0.262 e. The van der Waals surface area contributed by atoms with Crippen molar-refractivity contribution < 1.29 is 38.3 Å². The molecule has 4 aliphatic heterocycles. The molecule has 0 bridgehead atoms. The van der Waals surface area contributed by atoms with Crippen molar-refractivity contribution in [2.75, 3.05) is 56.1 Å². The summed E-state index contributed by atoms with van der Waals surface area (Å²) >= 11 is 0. The number of carbonyl (C=O) groups excluding carboxylic acids is 7. The first kappa shape index (κ1) is 44.2. The number of piperazine rings is 1. The number of carbonyl (C=O) groups is 7. The van der Waals surface area contributed by atoms with Gasteiger partial charge in [-0.25, -0.2) is 15.0 Å². The van der Waals surface area contributed by atoms with E-state index in [0.29, 0.717) is 76.3 Å². The van der Waals surface area contributed by atoms with Gasteiger partial charge < -0.3 is 34.6 Å². The summed E-state index contributed by atoms with van der Waals surface area (Å²) < 4.78 is 7.82. The van der Waals surface area contributed by atoms with Crippen molar-refractivity contribution in [3.05, 3.63) is 102 Å². The lowest BCUT2D eigenvalue weighted by molar-refractivity contribution is -0.137. The smallest absolute Gasteiger partial charge is 0.262 e. The van der Waals surface area contributed by atoms with E-state index in [9.17, 15) is 33.6 Å². The minimum Gasteiger partial charge on any atom is -0.484 e. The van der Waals surface area contributed by atoms with E-state index in [1.54, 1.807) is 11.2 Å². The highest BCUT2D eigenvalue weighted by Crippen LogP contribution is 2.36. The molecule has 3 aromatic carbocycles. The third-order valence-corrected chi connectivity index (χ3v) is 13.8. The molecule has 19 heteroatoms. The van der Waals surface area contributed by atoms with Gasteiger partial charge >= 0.3 is 0 Å². The van der Waals surface area contributed by atoms with Gasteiger partial charge in [0.15, 0.2) is 23.6 Å². The number of imide groups is 2. The summed E-state index contributed by atoms with van der Waals surface area (Å²) in [6, 6.07) is 21.5. The first-order valence-corrected chi connectivity index (χ1v) is 23.2. The zero-order chi connectivity index (χ0) is 46.9. The van der Waals surface area contributed by atoms with E-state index in [1.165, 1.54) is 24.5 Å². The number of hydrogen-bond donors (Lipinski definition) is 3. The van der Waals surface area contributed by atoms with Crippen molar-refractivity contribution in [2.24, 2.45) is 5.92 Å². The van der Waals surface area contributed by atoms with Gasteiger partial charge in [0.25, 0.3) is 17.7 Å². The lowest BCUT2D eigenvalue weighted by Crippen LogP contribution is -2.54. The number of aromatic nitrogens is 4. The molecule has 10 rings (SSSR count). The highest BCUT2D eigenvalue weighted by atomic mass is 16.5. The minimum atomic E-state index is -1.07. The van der Waals surface area contributed by atoms with Crippen LogP contribution in [-0.2, 0) is 30.4 Å². The molecule has 68 heavy (non-hydrogen) atoms. The van der Waals surface area contributed by atoms with E-state index in [2.05, 4.69) is 52.5 Å². The van der Waals surface area contributed by atoms with Crippen LogP contribution in [0.5, 0.6) is 5.75 Å². The summed E-state index contributed by atoms with van der Waals surface area (Å²) in [5.41, 5.74) is 4.55. The van der Waals surface area contributed by atoms with Crippen molar-refractivity contribution in [3.63, 3.8) is 0 Å². The molecule has 1 saturated carbocycles. The summed E-state index contributed by atoms with van der Waals surface area (Å²) in [6.45, 7) is 3.40. The van der Waals surface area contributed by atoms with Crippen LogP contribution < -0.4 is 25.6 Å². The minimum absolute atomic E-state index is 0.0266. The van der Waals surface area contributed by atoms with Crippen molar-refractivity contribution in [3.8, 4) is 5.75 Å². The number of amides is 7. The second-order valence-electron chi connectivity index (χ2n) is 18.1. The van der Waals surface area contributed by atoms with Gasteiger partial charge in [-0.05, 0) is 86.1 Å². The number of anilines is 3. The molecule has 1 atom stereocenters. The molecule has 19 nitrogen and oxygen atoms in total. The number of nitrogens with one attached hydrogen (secondary N) is 3. The fraction of sp³-hybridized carbons (Fsp3) is 0.388. The van der Waals surface area contributed by atoms with Gasteiger partial charge in [-0.1, -0.05) is 30.3 Å². The maximum absolute atomic E-state index is 13.4. The maximum atomic E-state index is 13.4. The van der Waals surface area contributed by atoms with Gasteiger partial charge in [-0.2, -0.15) is 0 Å². The second-order valence-corrected chi connectivity index (χ2v) is 18.1. The normalized spacial score (nSPS) is 20.8. The van der Waals surface area contributed by atoms with Crippen LogP contribution >= 0.6 is 0 Å². The number of rotatable bonds is 13. The van der Waals surface area contributed by atoms with Gasteiger partial charge in [-0.15, -0.1) is 0 Å². The van der Waals surface area contributed by atoms with E-state index in [0.717, 1.165) is 40.3 Å². The first-order chi connectivity index (χ1) is 33.0. The van der Waals surface area contributed by atoms with E-state index in [-0.39, 0.29) is 72.0 Å². The van der Waals surface area contributed by atoms with Crippen molar-refractivity contribution in [1.29, 1.82) is 0 Å². The van der Waals surface area contributed by atoms with Crippen molar-refractivity contribution in [1.82, 2.24) is 44.9 Å². The molecule has 2 aromatic heterocycles. The number of imidazole rings is 1. The Morgan fingerprint density at radius 1 is 0.765 bits per heavy atom. The highest BCUT2D eigenvalue weighted by Gasteiger charge is 2.45. The number of ether oxygens (including phenoxy) is 1. The fourth-order valence-electron chi connectivity index (χ4n) is 9.85. The van der Waals surface area contributed by atoms with Gasteiger partial charge in [0.1, 0.15) is 18.1 Å². The molecule has 0 spiro atoms. The molecule has 7 amide bonds. The average Bonchev–Trinajstić information content (AvgIpc) is 3.87. The second kappa shape index (κ2) is 18.9. The van der Waals surface area contributed by atoms with Gasteiger partial charge in [0.05, 0.1) is 23.9 Å². The molecule has 0 radical (unpaired) electrons. The van der Waals surface area contributed by atoms with Crippen LogP contribution in [0.1, 0.15) is 77.3 Å². The van der Waals surface area contributed by atoms with Crippen LogP contribution in [0.2, 0.25) is 0 Å². The number of likely N-dealkylation sites (tertiary alicyclic amines) is 1. The van der Waals surface area contributed by atoms with E-state index < -0.39 is 29.7 Å². The summed E-state index contributed by atoms with van der Waals surface area (Å²) in [6.07, 6.45) is 7.23. The molecule has 0 unspecified atom stereocenters. The summed E-state index contributed by atoms with van der Waals surface area (Å²) in [5.74, 6) is -1.44. The van der Waals surface area contributed by atoms with Crippen LogP contribution in [0.25, 0.3) is 11.2 Å². The molecule has 3 saturated heterocycles. The number of benzene rings is 3. The lowest BCUT2D eigenvalue weighted by atomic mass is 9.86. The number of nitrogens with zero attached hydrogens (tertiary/aromatic N) is 8. The monoisotopic (exact) mass is 921 g/mol. The van der Waals surface area contributed by atoms with Crippen molar-refractivity contribution >= 4 is 69.7 Å². The Kier molecular flexibility index (Phi) is 12.3. The molecule has 5 aliphatic rings. The standard InChI is InChI=1S/C49H51N11O8/c61-40-13-12-39(47(65)55-40)60-48(66)37-11-10-36(26-38(37)49(60)67)68-27-43(64)57-16-14-31(15-17-57)23-42(63)58-20-18-56(19-21-58)34-8-6-32(7-9-34)54-45-44-46(51-28-50-45)59(29-52-44)35-24-33(25-35)53-41(62)22-30-4-2-1-3-5-30/h1-11,26,28-29,31,33,35,39H,12-25,27H2,(H,53,62)(H,50,51,54)(H,55,61,65)/t33?,35?,39-/m0/s1. The zero-order valence-electron chi connectivity index (χ0n) is 37.3. The Hall–Kier alpha value is -7.70. The topological polar surface area (TPSA) is 221 Å². The molecule has 1 aliphatic carbocycles. The third-order valence-electron chi connectivity index (χ3n) is 13.8. The van der Waals surface area contributed by atoms with Gasteiger partial charge in [-0.3, -0.25) is 43.8 Å². The van der Waals surface area contributed by atoms with Gasteiger partial charge in [0, 0.05) is 75.6 Å². The Morgan fingerprint density at radius 3 is 2.25 bits per heavy atom. The van der Waals surface area contributed by atoms with Gasteiger partial charge in [0.2, 0.25) is 23.6 Å². The average molecular weight is 922 g/mol. The van der Waals surface area contributed by atoms with Crippen LogP contribution in [0.15, 0.2) is 85.5 Å². The van der Waals surface area contributed by atoms with Crippen molar-refractivity contribution in [2.45, 2.75) is 69.5 Å². The largest absolute Gasteiger partial charge is 0.484 e. The molecule has 4 fully saturated rings. The number of fused-ring (bicyclic) bond motifs is 2. The van der Waals surface area contributed by atoms with Crippen LogP contribution in [0, 0.1) is 5.92 Å². The van der Waals surface area contributed by atoms with E-state index in [1.807, 2.05) is 47.4 Å². The summed E-state index contributed by atoms with van der Waals surface area (Å²) in [5, 5.41) is 8.74. The third kappa shape index (κ3) is 9.19. The SMILES string of the molecule is O=C1CC[C@H](N2C(=O)c3ccc(OCC(=O)N4CCC(CC(=O)N5CCN(c6ccc(Nc7ncnc8c7ncn8C7CC(NC(=O)Cc8ccccc8)C7)cc6)CC5)CC4)cc3C2=O)C(=O)N1. The summed E-state index contributed by atoms with van der Waals surface area (Å²) in [4.78, 5) is 110. The molecule has 350 valence electrons. The first-order valence-electron chi connectivity index (χ1n) is 23.2. The lowest BCUT2D eigenvalue weighted by Gasteiger charge is -2.37. The number of piperidine rings is 2. The van der Waals surface area contributed by atoms with Crippen LogP contribution in [-0.4, -0.2) is 134 Å². The predicted octanol–water partition coefficient (Wildman–Crippen LogP) is 3.39.